The number of hydrogen-bond acceptors (Lipinski definition) is 5. The zero-order chi connectivity index (χ0) is 20.0. The van der Waals surface area contributed by atoms with Gasteiger partial charge < -0.3 is 32.2 Å². The molecule has 10 nitrogen and oxygen atoms in total. The van der Waals surface area contributed by atoms with Gasteiger partial charge in [-0.05, 0) is 11.6 Å². The van der Waals surface area contributed by atoms with Gasteiger partial charge >= 0.3 is 5.97 Å². The van der Waals surface area contributed by atoms with Crippen molar-refractivity contribution in [3.05, 3.63) is 36.0 Å². The Morgan fingerprint density at radius 3 is 2.52 bits per heavy atom. The van der Waals surface area contributed by atoms with Gasteiger partial charge in [0, 0.05) is 23.5 Å². The lowest BCUT2D eigenvalue weighted by atomic mass is 10.0. The molecule has 27 heavy (non-hydrogen) atoms. The number of amides is 3. The molecule has 144 valence electrons. The van der Waals surface area contributed by atoms with E-state index in [9.17, 15) is 19.2 Å². The van der Waals surface area contributed by atoms with Crippen LogP contribution in [0.5, 0.6) is 0 Å². The number of nitrogens with two attached hydrogens (primary N) is 2. The molecule has 0 radical (unpaired) electrons. The molecule has 2 atom stereocenters. The van der Waals surface area contributed by atoms with Crippen molar-refractivity contribution in [2.75, 3.05) is 6.54 Å². The summed E-state index contributed by atoms with van der Waals surface area (Å²) in [5.74, 6) is -3.38. The second kappa shape index (κ2) is 8.81. The number of aromatic amines is 1. The van der Waals surface area contributed by atoms with Gasteiger partial charge in [0.05, 0.1) is 12.5 Å². The second-order valence-corrected chi connectivity index (χ2v) is 6.01. The van der Waals surface area contributed by atoms with Crippen molar-refractivity contribution in [2.45, 2.75) is 24.9 Å². The van der Waals surface area contributed by atoms with E-state index >= 15 is 0 Å². The number of carboxylic acid groups (broad SMARTS) is 1. The number of rotatable bonds is 9. The van der Waals surface area contributed by atoms with E-state index in [1.165, 1.54) is 0 Å². The summed E-state index contributed by atoms with van der Waals surface area (Å²) in [6.45, 7) is -0.591. The van der Waals surface area contributed by atoms with Crippen LogP contribution < -0.4 is 22.1 Å². The number of carbonyl (C=O) groups excluding carboxylic acids is 3. The van der Waals surface area contributed by atoms with Crippen LogP contribution in [0.4, 0.5) is 0 Å². The Labute approximate surface area is 154 Å². The number of aromatic nitrogens is 1. The monoisotopic (exact) mass is 375 g/mol. The van der Waals surface area contributed by atoms with E-state index in [4.69, 9.17) is 16.6 Å². The molecule has 1 heterocycles. The molecule has 0 aliphatic carbocycles. The normalized spacial score (nSPS) is 12.9. The van der Waals surface area contributed by atoms with Crippen LogP contribution in [0.1, 0.15) is 12.0 Å². The van der Waals surface area contributed by atoms with Crippen LogP contribution in [0.25, 0.3) is 10.9 Å². The highest BCUT2D eigenvalue weighted by Crippen LogP contribution is 2.19. The minimum absolute atomic E-state index is 0.102. The average Bonchev–Trinajstić information content (AvgIpc) is 3.01. The first-order chi connectivity index (χ1) is 12.8. The molecule has 2 aromatic rings. The highest BCUT2D eigenvalue weighted by Gasteiger charge is 2.26. The summed E-state index contributed by atoms with van der Waals surface area (Å²) < 4.78 is 0. The van der Waals surface area contributed by atoms with E-state index in [0.29, 0.717) is 0 Å². The summed E-state index contributed by atoms with van der Waals surface area (Å²) in [5.41, 5.74) is 12.2. The molecule has 0 unspecified atom stereocenters. The largest absolute Gasteiger partial charge is 0.480 e. The van der Waals surface area contributed by atoms with E-state index in [2.05, 4.69) is 15.6 Å². The van der Waals surface area contributed by atoms with Crippen LogP contribution in [-0.2, 0) is 25.6 Å². The van der Waals surface area contributed by atoms with Crippen LogP contribution in [0.3, 0.4) is 0 Å². The quantitative estimate of drug-likeness (QED) is 0.313. The lowest BCUT2D eigenvalue weighted by molar-refractivity contribution is -0.138. The van der Waals surface area contributed by atoms with E-state index in [1.807, 2.05) is 24.3 Å². The van der Waals surface area contributed by atoms with Crippen LogP contribution in [0, 0.1) is 0 Å². The number of nitrogens with one attached hydrogen (secondary N) is 3. The van der Waals surface area contributed by atoms with Gasteiger partial charge in [-0.15, -0.1) is 0 Å². The third kappa shape index (κ3) is 5.54. The molecule has 0 fully saturated rings. The fraction of sp³-hybridized carbons (Fsp3) is 0.294. The number of primary amides is 1. The van der Waals surface area contributed by atoms with Crippen LogP contribution in [-0.4, -0.2) is 52.4 Å². The van der Waals surface area contributed by atoms with E-state index in [-0.39, 0.29) is 12.8 Å². The molecule has 0 saturated carbocycles. The van der Waals surface area contributed by atoms with Crippen molar-refractivity contribution in [3.8, 4) is 0 Å². The molecular formula is C17H21N5O5. The van der Waals surface area contributed by atoms with Crippen LogP contribution >= 0.6 is 0 Å². The third-order valence-electron chi connectivity index (χ3n) is 3.90. The van der Waals surface area contributed by atoms with Crippen LogP contribution in [0.2, 0.25) is 0 Å². The van der Waals surface area contributed by atoms with Crippen LogP contribution in [0.15, 0.2) is 30.5 Å². The molecule has 0 saturated heterocycles. The first-order valence-corrected chi connectivity index (χ1v) is 8.16. The number of aliphatic carboxylic acids is 1. The molecule has 1 aromatic heterocycles. The highest BCUT2D eigenvalue weighted by molar-refractivity contribution is 5.93. The van der Waals surface area contributed by atoms with Gasteiger partial charge in [0.15, 0.2) is 0 Å². The number of H-pyrrole nitrogens is 1. The maximum atomic E-state index is 12.4. The maximum Gasteiger partial charge on any atom is 0.322 e. The number of hydrogen-bond donors (Lipinski definition) is 6. The Bertz CT molecular complexity index is 862. The molecule has 0 aliphatic heterocycles. The zero-order valence-corrected chi connectivity index (χ0v) is 14.4. The molecule has 0 aliphatic rings. The first-order valence-electron chi connectivity index (χ1n) is 8.16. The Balaban J connectivity index is 2.18. The zero-order valence-electron chi connectivity index (χ0n) is 14.4. The number of carbonyl (C=O) groups is 4. The standard InChI is InChI=1S/C17H21N5O5/c18-11(6-14(19)23)16(26)22-13(17(27)21-8-15(24)25)5-9-7-20-12-4-2-1-3-10(9)12/h1-4,7,11,13,20H,5-6,8,18H2,(H2,19,23)(H,21,27)(H,22,26)(H,24,25)/t11-,13-/m0/s1. The SMILES string of the molecule is NC(=O)C[C@H](N)C(=O)N[C@@H](Cc1c[nH]c2ccccc12)C(=O)NCC(=O)O. The Kier molecular flexibility index (Phi) is 6.50. The molecule has 3 amide bonds. The minimum atomic E-state index is -1.22. The lowest BCUT2D eigenvalue weighted by Crippen LogP contribution is -2.53. The third-order valence-corrected chi connectivity index (χ3v) is 3.90. The number of benzene rings is 1. The Morgan fingerprint density at radius 2 is 1.85 bits per heavy atom. The van der Waals surface area contributed by atoms with Crippen molar-refractivity contribution < 1.29 is 24.3 Å². The van der Waals surface area contributed by atoms with Crippen molar-refractivity contribution >= 4 is 34.6 Å². The molecule has 8 N–H and O–H groups in total. The summed E-state index contributed by atoms with van der Waals surface area (Å²) in [6, 6.07) is 5.12. The fourth-order valence-corrected chi connectivity index (χ4v) is 2.60. The summed E-state index contributed by atoms with van der Waals surface area (Å²) in [7, 11) is 0. The molecule has 0 bridgehead atoms. The predicted octanol–water partition coefficient (Wildman–Crippen LogP) is -1.40. The number of fused-ring (bicyclic) bond motifs is 1. The van der Waals surface area contributed by atoms with Crippen molar-refractivity contribution in [3.63, 3.8) is 0 Å². The number of para-hydroxylation sites is 1. The average molecular weight is 375 g/mol. The Hall–Kier alpha value is -3.40. The van der Waals surface area contributed by atoms with Gasteiger partial charge in [-0.25, -0.2) is 0 Å². The minimum Gasteiger partial charge on any atom is -0.480 e. The smallest absolute Gasteiger partial charge is 0.322 e. The molecule has 2 rings (SSSR count). The topological polar surface area (TPSA) is 180 Å². The highest BCUT2D eigenvalue weighted by atomic mass is 16.4. The van der Waals surface area contributed by atoms with Gasteiger partial charge in [-0.1, -0.05) is 18.2 Å². The van der Waals surface area contributed by atoms with Gasteiger partial charge in [0.25, 0.3) is 0 Å². The molecule has 10 heteroatoms. The van der Waals surface area contributed by atoms with E-state index in [0.717, 1.165) is 16.5 Å². The van der Waals surface area contributed by atoms with Gasteiger partial charge in [0.2, 0.25) is 17.7 Å². The summed E-state index contributed by atoms with van der Waals surface area (Å²) in [4.78, 5) is 49.2. The number of carboxylic acids is 1. The summed E-state index contributed by atoms with van der Waals surface area (Å²) in [5, 5.41) is 14.3. The second-order valence-electron chi connectivity index (χ2n) is 6.01. The van der Waals surface area contributed by atoms with E-state index in [1.54, 1.807) is 6.20 Å². The Morgan fingerprint density at radius 1 is 1.15 bits per heavy atom. The summed E-state index contributed by atoms with van der Waals surface area (Å²) >= 11 is 0. The fourth-order valence-electron chi connectivity index (χ4n) is 2.60. The van der Waals surface area contributed by atoms with Crippen molar-refractivity contribution in [1.82, 2.24) is 15.6 Å². The van der Waals surface area contributed by atoms with Crippen molar-refractivity contribution in [1.29, 1.82) is 0 Å². The molecule has 0 spiro atoms. The predicted molar refractivity (Wildman–Crippen MR) is 96.4 cm³/mol. The molecule has 1 aromatic carbocycles. The lowest BCUT2D eigenvalue weighted by Gasteiger charge is -2.20. The first kappa shape index (κ1) is 19.9. The summed E-state index contributed by atoms with van der Waals surface area (Å²) in [6.07, 6.45) is 1.44. The van der Waals surface area contributed by atoms with Gasteiger partial charge in [-0.3, -0.25) is 19.2 Å². The van der Waals surface area contributed by atoms with Crippen molar-refractivity contribution in [2.24, 2.45) is 11.5 Å². The van der Waals surface area contributed by atoms with E-state index < -0.39 is 42.3 Å². The van der Waals surface area contributed by atoms with Gasteiger partial charge in [-0.2, -0.15) is 0 Å². The maximum absolute atomic E-state index is 12.4. The molecular weight excluding hydrogens is 354 g/mol. The van der Waals surface area contributed by atoms with Gasteiger partial charge in [0.1, 0.15) is 12.6 Å².